The van der Waals surface area contributed by atoms with Crippen molar-refractivity contribution in [1.29, 1.82) is 0 Å². The lowest BCUT2D eigenvalue weighted by Crippen LogP contribution is -2.15. The van der Waals surface area contributed by atoms with Crippen LogP contribution in [0.3, 0.4) is 0 Å². The summed E-state index contributed by atoms with van der Waals surface area (Å²) in [5.74, 6) is 0.493. The molecule has 3 nitrogen and oxygen atoms in total. The fraction of sp³-hybridized carbons (Fsp3) is 0.625. The van der Waals surface area contributed by atoms with Crippen LogP contribution in [0.25, 0.3) is 0 Å². The fourth-order valence-corrected chi connectivity index (χ4v) is 2.86. The Bertz CT molecular complexity index is 399. The highest BCUT2D eigenvalue weighted by Crippen LogP contribution is 2.24. The van der Waals surface area contributed by atoms with Gasteiger partial charge in [-0.05, 0) is 43.9 Å². The van der Waals surface area contributed by atoms with Crippen LogP contribution in [-0.4, -0.2) is 31.5 Å². The monoisotopic (exact) mass is 264 g/mol. The van der Waals surface area contributed by atoms with E-state index < -0.39 is 6.10 Å². The topological polar surface area (TPSA) is 38.7 Å². The smallest absolute Gasteiger partial charge is 0.103 e. The molecule has 19 heavy (non-hydrogen) atoms. The van der Waals surface area contributed by atoms with Gasteiger partial charge in [-0.3, -0.25) is 0 Å². The number of rotatable bonds is 5. The Labute approximate surface area is 115 Å². The number of ether oxygens (including phenoxy) is 2. The van der Waals surface area contributed by atoms with Crippen molar-refractivity contribution in [3.63, 3.8) is 0 Å². The molecule has 1 aliphatic rings. The van der Waals surface area contributed by atoms with E-state index in [9.17, 15) is 5.11 Å². The Morgan fingerprint density at radius 2 is 2.00 bits per heavy atom. The molecule has 1 heterocycles. The number of aliphatic hydroxyl groups is 1. The number of aliphatic hydroxyl groups excluding tert-OH is 1. The maximum absolute atomic E-state index is 10.3. The molecule has 0 aromatic heterocycles. The molecule has 2 atom stereocenters. The van der Waals surface area contributed by atoms with Crippen LogP contribution in [0.5, 0.6) is 0 Å². The number of hydrogen-bond acceptors (Lipinski definition) is 3. The predicted octanol–water partition coefficient (Wildman–Crippen LogP) is 2.70. The molecule has 1 N–H and O–H groups in total. The Morgan fingerprint density at radius 3 is 2.58 bits per heavy atom. The zero-order valence-corrected chi connectivity index (χ0v) is 12.1. The molecule has 0 amide bonds. The van der Waals surface area contributed by atoms with Crippen LogP contribution >= 0.6 is 0 Å². The molecule has 2 rings (SSSR count). The highest BCUT2D eigenvalue weighted by Gasteiger charge is 2.18. The van der Waals surface area contributed by atoms with Gasteiger partial charge >= 0.3 is 0 Å². The summed E-state index contributed by atoms with van der Waals surface area (Å²) in [5.41, 5.74) is 4.51. The molecule has 1 aliphatic heterocycles. The van der Waals surface area contributed by atoms with Gasteiger partial charge in [-0.2, -0.15) is 0 Å². The molecule has 1 aromatic rings. The minimum Gasteiger partial charge on any atom is -0.386 e. The van der Waals surface area contributed by atoms with E-state index in [1.54, 1.807) is 0 Å². The van der Waals surface area contributed by atoms with Crippen molar-refractivity contribution in [1.82, 2.24) is 0 Å². The van der Waals surface area contributed by atoms with Crippen molar-refractivity contribution in [3.8, 4) is 0 Å². The second-order valence-corrected chi connectivity index (χ2v) is 5.60. The van der Waals surface area contributed by atoms with Gasteiger partial charge in [0.1, 0.15) is 6.10 Å². The first kappa shape index (κ1) is 14.5. The van der Waals surface area contributed by atoms with Gasteiger partial charge < -0.3 is 14.6 Å². The molecule has 1 fully saturated rings. The standard InChI is InChI=1S/C16H24O3/c1-11-6-12(2)16(13(3)7-11)15(17)10-19-9-14-4-5-18-8-14/h6-7,14-15,17H,4-5,8-10H2,1-3H3. The average molecular weight is 264 g/mol. The molecular weight excluding hydrogens is 240 g/mol. The molecule has 0 spiro atoms. The molecule has 2 unspecified atom stereocenters. The van der Waals surface area contributed by atoms with Gasteiger partial charge in [0.15, 0.2) is 0 Å². The second kappa shape index (κ2) is 6.51. The Balaban J connectivity index is 1.90. The van der Waals surface area contributed by atoms with E-state index in [2.05, 4.69) is 19.1 Å². The predicted molar refractivity (Wildman–Crippen MR) is 75.4 cm³/mol. The van der Waals surface area contributed by atoms with E-state index in [4.69, 9.17) is 9.47 Å². The van der Waals surface area contributed by atoms with Gasteiger partial charge in [0.2, 0.25) is 0 Å². The SMILES string of the molecule is Cc1cc(C)c(C(O)COCC2CCOC2)c(C)c1. The zero-order valence-electron chi connectivity index (χ0n) is 12.1. The van der Waals surface area contributed by atoms with Crippen molar-refractivity contribution in [2.24, 2.45) is 5.92 Å². The van der Waals surface area contributed by atoms with Gasteiger partial charge in [0, 0.05) is 12.5 Å². The molecule has 0 radical (unpaired) electrons. The van der Waals surface area contributed by atoms with Crippen molar-refractivity contribution >= 4 is 0 Å². The summed E-state index contributed by atoms with van der Waals surface area (Å²) in [6, 6.07) is 4.22. The third-order valence-electron chi connectivity index (χ3n) is 3.72. The lowest BCUT2D eigenvalue weighted by Gasteiger charge is -2.18. The summed E-state index contributed by atoms with van der Waals surface area (Å²) >= 11 is 0. The molecule has 1 aromatic carbocycles. The van der Waals surface area contributed by atoms with E-state index in [1.165, 1.54) is 5.56 Å². The maximum atomic E-state index is 10.3. The lowest BCUT2D eigenvalue weighted by molar-refractivity contribution is 0.0180. The van der Waals surface area contributed by atoms with Crippen molar-refractivity contribution in [3.05, 3.63) is 34.4 Å². The van der Waals surface area contributed by atoms with Crippen LogP contribution in [0.2, 0.25) is 0 Å². The van der Waals surface area contributed by atoms with Crippen molar-refractivity contribution in [2.45, 2.75) is 33.3 Å². The van der Waals surface area contributed by atoms with E-state index in [1.807, 2.05) is 13.8 Å². The molecular formula is C16H24O3. The van der Waals surface area contributed by atoms with Crippen LogP contribution in [0.4, 0.5) is 0 Å². The summed E-state index contributed by atoms with van der Waals surface area (Å²) in [6.45, 7) is 8.84. The Hall–Kier alpha value is -0.900. The maximum Gasteiger partial charge on any atom is 0.103 e. The molecule has 0 bridgehead atoms. The number of aryl methyl sites for hydroxylation is 3. The van der Waals surface area contributed by atoms with Crippen LogP contribution in [-0.2, 0) is 9.47 Å². The molecule has 1 saturated heterocycles. The fourth-order valence-electron chi connectivity index (χ4n) is 2.86. The lowest BCUT2D eigenvalue weighted by atomic mass is 9.96. The second-order valence-electron chi connectivity index (χ2n) is 5.60. The van der Waals surface area contributed by atoms with Crippen LogP contribution in [0, 0.1) is 26.7 Å². The van der Waals surface area contributed by atoms with Gasteiger partial charge in [0.05, 0.1) is 19.8 Å². The minimum atomic E-state index is -0.539. The first-order valence-electron chi connectivity index (χ1n) is 6.99. The Morgan fingerprint density at radius 1 is 1.32 bits per heavy atom. The third kappa shape index (κ3) is 3.78. The van der Waals surface area contributed by atoms with Crippen molar-refractivity contribution in [2.75, 3.05) is 26.4 Å². The minimum absolute atomic E-state index is 0.362. The highest BCUT2D eigenvalue weighted by atomic mass is 16.5. The summed E-state index contributed by atoms with van der Waals surface area (Å²) in [7, 11) is 0. The average Bonchev–Trinajstić information content (AvgIpc) is 2.80. The first-order valence-corrected chi connectivity index (χ1v) is 6.99. The van der Waals surface area contributed by atoms with Crippen LogP contribution in [0.15, 0.2) is 12.1 Å². The molecule has 106 valence electrons. The number of benzene rings is 1. The summed E-state index contributed by atoms with van der Waals surface area (Å²) in [6.07, 6.45) is 0.529. The number of hydrogen-bond donors (Lipinski definition) is 1. The summed E-state index contributed by atoms with van der Waals surface area (Å²) < 4.78 is 11.0. The summed E-state index contributed by atoms with van der Waals surface area (Å²) in [5, 5.41) is 10.3. The van der Waals surface area contributed by atoms with E-state index >= 15 is 0 Å². The van der Waals surface area contributed by atoms with Gasteiger partial charge in [-0.25, -0.2) is 0 Å². The molecule has 3 heteroatoms. The summed E-state index contributed by atoms with van der Waals surface area (Å²) in [4.78, 5) is 0. The largest absolute Gasteiger partial charge is 0.386 e. The van der Waals surface area contributed by atoms with E-state index in [0.717, 1.165) is 36.3 Å². The van der Waals surface area contributed by atoms with E-state index in [-0.39, 0.29) is 0 Å². The third-order valence-corrected chi connectivity index (χ3v) is 3.72. The van der Waals surface area contributed by atoms with Gasteiger partial charge in [-0.1, -0.05) is 17.7 Å². The van der Waals surface area contributed by atoms with Crippen LogP contribution < -0.4 is 0 Å². The normalized spacial score (nSPS) is 20.7. The van der Waals surface area contributed by atoms with Gasteiger partial charge in [0.25, 0.3) is 0 Å². The quantitative estimate of drug-likeness (QED) is 0.888. The first-order chi connectivity index (χ1) is 9.08. The van der Waals surface area contributed by atoms with Crippen LogP contribution in [0.1, 0.15) is 34.8 Å². The molecule has 0 saturated carbocycles. The van der Waals surface area contributed by atoms with E-state index in [0.29, 0.717) is 19.1 Å². The van der Waals surface area contributed by atoms with Crippen molar-refractivity contribution < 1.29 is 14.6 Å². The zero-order chi connectivity index (χ0) is 13.8. The molecule has 0 aliphatic carbocycles. The Kier molecular flexibility index (Phi) is 4.97. The highest BCUT2D eigenvalue weighted by molar-refractivity contribution is 5.38. The van der Waals surface area contributed by atoms with Gasteiger partial charge in [-0.15, -0.1) is 0 Å².